The van der Waals surface area contributed by atoms with E-state index in [1.54, 1.807) is 0 Å². The van der Waals surface area contributed by atoms with Gasteiger partial charge in [-0.1, -0.05) is 23.7 Å². The van der Waals surface area contributed by atoms with Crippen molar-refractivity contribution in [3.05, 3.63) is 40.4 Å². The molecule has 0 radical (unpaired) electrons. The van der Waals surface area contributed by atoms with Crippen LogP contribution in [0.2, 0.25) is 5.02 Å². The highest BCUT2D eigenvalue weighted by Crippen LogP contribution is 2.25. The van der Waals surface area contributed by atoms with E-state index < -0.39 is 0 Å². The summed E-state index contributed by atoms with van der Waals surface area (Å²) in [7, 11) is 0. The van der Waals surface area contributed by atoms with Crippen LogP contribution in [0, 0.1) is 11.3 Å². The lowest BCUT2D eigenvalue weighted by Crippen LogP contribution is -2.23. The van der Waals surface area contributed by atoms with Gasteiger partial charge < -0.3 is 5.32 Å². The van der Waals surface area contributed by atoms with Gasteiger partial charge in [-0.3, -0.25) is 0 Å². The SMILES string of the molecule is N#CC(=C1CCNCC1)c1ccc(Cl)cc1. The number of rotatable bonds is 1. The smallest absolute Gasteiger partial charge is 0.0997 e. The lowest BCUT2D eigenvalue weighted by atomic mass is 9.95. The summed E-state index contributed by atoms with van der Waals surface area (Å²) in [6.07, 6.45) is 1.93. The van der Waals surface area contributed by atoms with Crippen molar-refractivity contribution in [3.8, 4) is 6.07 Å². The third-order valence-corrected chi connectivity index (χ3v) is 3.06. The number of piperidine rings is 1. The molecule has 1 aliphatic heterocycles. The Kier molecular flexibility index (Phi) is 3.61. The summed E-state index contributed by atoms with van der Waals surface area (Å²) in [4.78, 5) is 0. The molecule has 1 aliphatic rings. The van der Waals surface area contributed by atoms with Gasteiger partial charge in [0.2, 0.25) is 0 Å². The van der Waals surface area contributed by atoms with Crippen molar-refractivity contribution < 1.29 is 0 Å². The highest BCUT2D eigenvalue weighted by molar-refractivity contribution is 6.30. The van der Waals surface area contributed by atoms with Crippen molar-refractivity contribution >= 4 is 17.2 Å². The molecule has 3 heteroatoms. The van der Waals surface area contributed by atoms with E-state index in [1.165, 1.54) is 5.57 Å². The first-order valence-electron chi connectivity index (χ1n) is 5.40. The number of allylic oxidation sites excluding steroid dienone is 1. The van der Waals surface area contributed by atoms with Crippen molar-refractivity contribution in [1.29, 1.82) is 5.26 Å². The normalized spacial score (nSPS) is 15.6. The quantitative estimate of drug-likeness (QED) is 0.756. The van der Waals surface area contributed by atoms with Gasteiger partial charge in [0, 0.05) is 5.02 Å². The number of nitriles is 1. The molecule has 1 N–H and O–H groups in total. The minimum absolute atomic E-state index is 0.705. The zero-order valence-electron chi connectivity index (χ0n) is 8.96. The van der Waals surface area contributed by atoms with E-state index in [-0.39, 0.29) is 0 Å². The van der Waals surface area contributed by atoms with Crippen molar-refractivity contribution in [2.75, 3.05) is 13.1 Å². The summed E-state index contributed by atoms with van der Waals surface area (Å²) in [6.45, 7) is 1.93. The van der Waals surface area contributed by atoms with Crippen molar-refractivity contribution in [3.63, 3.8) is 0 Å². The Hall–Kier alpha value is -1.30. The molecular weight excluding hydrogens is 220 g/mol. The maximum atomic E-state index is 9.24. The summed E-state index contributed by atoms with van der Waals surface area (Å²) in [5.41, 5.74) is 3.05. The first kappa shape index (κ1) is 11.2. The molecule has 2 nitrogen and oxygen atoms in total. The number of hydrogen-bond donors (Lipinski definition) is 1. The van der Waals surface area contributed by atoms with Crippen LogP contribution < -0.4 is 5.32 Å². The first-order chi connectivity index (χ1) is 7.81. The van der Waals surface area contributed by atoms with E-state index in [1.807, 2.05) is 24.3 Å². The van der Waals surface area contributed by atoms with Crippen LogP contribution in [-0.4, -0.2) is 13.1 Å². The van der Waals surface area contributed by atoms with Gasteiger partial charge in [0.25, 0.3) is 0 Å². The van der Waals surface area contributed by atoms with E-state index >= 15 is 0 Å². The van der Waals surface area contributed by atoms with E-state index in [0.717, 1.165) is 37.1 Å². The van der Waals surface area contributed by atoms with Gasteiger partial charge in [0.15, 0.2) is 0 Å². The predicted molar refractivity (Wildman–Crippen MR) is 66.1 cm³/mol. The minimum Gasteiger partial charge on any atom is -0.316 e. The summed E-state index contributed by atoms with van der Waals surface area (Å²) in [6, 6.07) is 9.80. The fourth-order valence-electron chi connectivity index (χ4n) is 1.94. The monoisotopic (exact) mass is 232 g/mol. The fraction of sp³-hybridized carbons (Fsp3) is 0.308. The van der Waals surface area contributed by atoms with Crippen LogP contribution in [0.1, 0.15) is 18.4 Å². The van der Waals surface area contributed by atoms with Crippen LogP contribution >= 0.6 is 11.6 Å². The third kappa shape index (κ3) is 2.44. The molecule has 0 aromatic heterocycles. The molecule has 1 aromatic carbocycles. The zero-order chi connectivity index (χ0) is 11.4. The average Bonchev–Trinajstić information content (AvgIpc) is 2.34. The second-order valence-electron chi connectivity index (χ2n) is 3.85. The molecule has 2 rings (SSSR count). The topological polar surface area (TPSA) is 35.8 Å². The Morgan fingerprint density at radius 3 is 2.38 bits per heavy atom. The Labute approximate surface area is 101 Å². The van der Waals surface area contributed by atoms with Crippen LogP contribution in [0.5, 0.6) is 0 Å². The highest BCUT2D eigenvalue weighted by Gasteiger charge is 2.12. The average molecular weight is 233 g/mol. The first-order valence-corrected chi connectivity index (χ1v) is 5.78. The molecule has 0 spiro atoms. The summed E-state index contributed by atoms with van der Waals surface area (Å²) >= 11 is 5.84. The number of hydrogen-bond acceptors (Lipinski definition) is 2. The fourth-order valence-corrected chi connectivity index (χ4v) is 2.07. The van der Waals surface area contributed by atoms with Crippen LogP contribution in [0.25, 0.3) is 5.57 Å². The van der Waals surface area contributed by atoms with Crippen molar-refractivity contribution in [1.82, 2.24) is 5.32 Å². The molecule has 0 amide bonds. The zero-order valence-corrected chi connectivity index (χ0v) is 9.72. The molecule has 1 saturated heterocycles. The van der Waals surface area contributed by atoms with Crippen molar-refractivity contribution in [2.24, 2.45) is 0 Å². The van der Waals surface area contributed by atoms with E-state index in [9.17, 15) is 5.26 Å². The molecule has 0 aliphatic carbocycles. The molecule has 0 saturated carbocycles. The van der Waals surface area contributed by atoms with Crippen molar-refractivity contribution in [2.45, 2.75) is 12.8 Å². The molecule has 0 atom stereocenters. The van der Waals surface area contributed by atoms with Gasteiger partial charge in [-0.15, -0.1) is 0 Å². The summed E-state index contributed by atoms with van der Waals surface area (Å²) in [5, 5.41) is 13.2. The lowest BCUT2D eigenvalue weighted by molar-refractivity contribution is 0.612. The predicted octanol–water partition coefficient (Wildman–Crippen LogP) is 3.00. The molecular formula is C13H13ClN2. The maximum Gasteiger partial charge on any atom is 0.0997 e. The number of nitrogens with zero attached hydrogens (tertiary/aromatic N) is 1. The van der Waals surface area contributed by atoms with Crippen LogP contribution in [0.3, 0.4) is 0 Å². The van der Waals surface area contributed by atoms with Crippen LogP contribution in [0.4, 0.5) is 0 Å². The van der Waals surface area contributed by atoms with Gasteiger partial charge in [0.1, 0.15) is 0 Å². The molecule has 82 valence electrons. The standard InChI is InChI=1S/C13H13ClN2/c14-12-3-1-10(2-4-12)13(9-15)11-5-7-16-8-6-11/h1-4,16H,5-8H2. The van der Waals surface area contributed by atoms with E-state index in [0.29, 0.717) is 5.02 Å². The van der Waals surface area contributed by atoms with E-state index in [2.05, 4.69) is 11.4 Å². The van der Waals surface area contributed by atoms with E-state index in [4.69, 9.17) is 11.6 Å². The number of halogens is 1. The number of nitrogens with one attached hydrogen (secondary N) is 1. The lowest BCUT2D eigenvalue weighted by Gasteiger charge is -2.17. The Bertz CT molecular complexity index is 432. The number of benzene rings is 1. The molecule has 0 bridgehead atoms. The van der Waals surface area contributed by atoms with Crippen LogP contribution in [-0.2, 0) is 0 Å². The maximum absolute atomic E-state index is 9.24. The molecule has 0 unspecified atom stereocenters. The molecule has 1 heterocycles. The molecule has 1 fully saturated rings. The van der Waals surface area contributed by atoms with Gasteiger partial charge in [0.05, 0.1) is 11.6 Å². The second kappa shape index (κ2) is 5.16. The second-order valence-corrected chi connectivity index (χ2v) is 4.28. The largest absolute Gasteiger partial charge is 0.316 e. The Morgan fingerprint density at radius 1 is 1.19 bits per heavy atom. The highest BCUT2D eigenvalue weighted by atomic mass is 35.5. The Balaban J connectivity index is 2.35. The minimum atomic E-state index is 0.705. The Morgan fingerprint density at radius 2 is 1.81 bits per heavy atom. The summed E-state index contributed by atoms with van der Waals surface area (Å²) < 4.78 is 0. The van der Waals surface area contributed by atoms with Gasteiger partial charge in [-0.2, -0.15) is 5.26 Å². The van der Waals surface area contributed by atoms with Gasteiger partial charge >= 0.3 is 0 Å². The van der Waals surface area contributed by atoms with Gasteiger partial charge in [-0.05, 0) is 49.2 Å². The molecule has 16 heavy (non-hydrogen) atoms. The van der Waals surface area contributed by atoms with Gasteiger partial charge in [-0.25, -0.2) is 0 Å². The third-order valence-electron chi connectivity index (χ3n) is 2.81. The summed E-state index contributed by atoms with van der Waals surface area (Å²) in [5.74, 6) is 0. The molecule has 1 aromatic rings. The van der Waals surface area contributed by atoms with Crippen LogP contribution in [0.15, 0.2) is 29.8 Å².